The highest BCUT2D eigenvalue weighted by Gasteiger charge is 2.47. The molecule has 1 aromatic heterocycles. The number of aliphatic carboxylic acids is 3. The van der Waals surface area contributed by atoms with Crippen molar-refractivity contribution in [2.24, 2.45) is 0 Å². The van der Waals surface area contributed by atoms with E-state index in [1.807, 2.05) is 31.2 Å². The van der Waals surface area contributed by atoms with E-state index in [1.54, 1.807) is 55.7 Å². The third-order valence-electron chi connectivity index (χ3n) is 15.8. The summed E-state index contributed by atoms with van der Waals surface area (Å²) >= 11 is 0. The summed E-state index contributed by atoms with van der Waals surface area (Å²) in [5.41, 5.74) is 2.97. The number of nitrogens with one attached hydrogen (secondary N) is 4. The summed E-state index contributed by atoms with van der Waals surface area (Å²) in [6.45, 7) is 5.54. The lowest BCUT2D eigenvalue weighted by Crippen LogP contribution is -2.57. The van der Waals surface area contributed by atoms with Crippen molar-refractivity contribution in [1.29, 1.82) is 5.26 Å². The number of aryl methyl sites for hydroxylation is 2. The number of carboxylic acid groups (broad SMARTS) is 3. The smallest absolute Gasteiger partial charge is 0.317 e. The minimum atomic E-state index is -3.19. The predicted octanol–water partition coefficient (Wildman–Crippen LogP) is 0.347. The number of aromatic nitrogens is 1. The summed E-state index contributed by atoms with van der Waals surface area (Å²) < 4.78 is 39.7. The van der Waals surface area contributed by atoms with Gasteiger partial charge in [-0.3, -0.25) is 72.6 Å². The van der Waals surface area contributed by atoms with Gasteiger partial charge >= 0.3 is 17.9 Å². The van der Waals surface area contributed by atoms with Gasteiger partial charge in [-0.25, -0.2) is 8.78 Å². The van der Waals surface area contributed by atoms with Crippen LogP contribution >= 0.6 is 0 Å². The maximum absolute atomic E-state index is 14.1. The summed E-state index contributed by atoms with van der Waals surface area (Å²) in [4.78, 5) is 131. The second-order valence-electron chi connectivity index (χ2n) is 22.9. The first-order valence-corrected chi connectivity index (χ1v) is 30.5. The Morgan fingerprint density at radius 2 is 1.31 bits per heavy atom. The molecule has 3 aliphatic rings. The molecule has 7 N–H and O–H groups in total. The molecule has 0 spiro atoms. The average molecular weight is 1260 g/mol. The Morgan fingerprint density at radius 3 is 1.91 bits per heavy atom. The number of piperazine rings is 1. The van der Waals surface area contributed by atoms with Crippen LogP contribution in [-0.2, 0) is 49.5 Å². The van der Waals surface area contributed by atoms with Crippen molar-refractivity contribution in [3.8, 4) is 11.8 Å². The van der Waals surface area contributed by atoms with E-state index in [-0.39, 0.29) is 122 Å². The fourth-order valence-electron chi connectivity index (χ4n) is 10.8. The SMILES string of the molecule is Cc1ccc(CCCC(=O)NCCOCC[C@H](NC(=O)CN2CCN(CC(=O)O)CCN(CC(=O)O)CCN(CC(=O)O)CC2)C(=O)N[C@@H](C)C(=O)N2CCN(CCCCOc3ccc4nccc(C(=O)NCC(=O)N5CC(F)(F)C[C@@H]5C#N)c4c3)CC2)cc1. The molecule has 3 saturated heterocycles. The first-order chi connectivity index (χ1) is 43.0. The standard InChI is InChI=1S/C61H85F2N13O14/c1-43-8-10-45(11-9-43)6-5-7-52(77)66-17-33-89-32-15-51(69-53(78)38-71-19-21-72(39-55(80)81)23-25-74(41-57(84)85)26-24-73(22-20-71)40-56(82)83)59(87)68-44(2)60(88)75-29-27-70(28-30-75)18-3-4-31-90-47-12-13-50-49(34-47)48(14-16-65-50)58(86)67-37-54(79)76-42-61(62,63)35-46(76)36-64/h8-14,16,34,44,46,51H,3-7,15,17-33,35,37-42H2,1-2H3,(H,66,77)(H,67,86)(H,68,87)(H,69,78)(H,80,81)(H,82,83)(H,84,85)/t44-,46+,51-/m0/s1. The van der Waals surface area contributed by atoms with Crippen molar-refractivity contribution < 1.29 is 76.7 Å². The number of pyridine rings is 1. The van der Waals surface area contributed by atoms with Crippen molar-refractivity contribution in [2.75, 3.05) is 151 Å². The second kappa shape index (κ2) is 36.0. The van der Waals surface area contributed by atoms with Gasteiger partial charge in [-0.2, -0.15) is 5.26 Å². The zero-order chi connectivity index (χ0) is 65.2. The maximum atomic E-state index is 14.1. The van der Waals surface area contributed by atoms with Crippen LogP contribution < -0.4 is 26.0 Å². The Balaban J connectivity index is 0.981. The number of halogens is 2. The number of hydrogen-bond donors (Lipinski definition) is 7. The third-order valence-corrected chi connectivity index (χ3v) is 15.8. The number of carbonyl (C=O) groups excluding carboxylic acids is 6. The van der Waals surface area contributed by atoms with Gasteiger partial charge < -0.3 is 55.9 Å². The molecule has 0 aliphatic carbocycles. The molecule has 2 aromatic carbocycles. The topological polar surface area (TPSA) is 340 Å². The molecular weight excluding hydrogens is 1180 g/mol. The number of unbranched alkanes of at least 4 members (excludes halogenated alkanes) is 1. The molecule has 6 amide bonds. The molecule has 0 unspecified atom stereocenters. The van der Waals surface area contributed by atoms with E-state index < -0.39 is 85.1 Å². The molecule has 4 heterocycles. The molecule has 6 rings (SSSR count). The number of likely N-dealkylation sites (tertiary alicyclic amines) is 1. The van der Waals surface area contributed by atoms with Crippen LogP contribution in [0.25, 0.3) is 10.9 Å². The van der Waals surface area contributed by atoms with E-state index in [4.69, 9.17) is 9.47 Å². The summed E-state index contributed by atoms with van der Waals surface area (Å²) in [5, 5.41) is 49.5. The Kier molecular flexibility index (Phi) is 28.4. The van der Waals surface area contributed by atoms with Gasteiger partial charge in [0, 0.05) is 116 Å². The fraction of sp³-hybridized carbons (Fsp3) is 0.590. The number of ether oxygens (including phenoxy) is 2. The lowest BCUT2D eigenvalue weighted by molar-refractivity contribution is -0.140. The number of hydrogen-bond acceptors (Lipinski definition) is 18. The van der Waals surface area contributed by atoms with Crippen LogP contribution in [-0.4, -0.2) is 283 Å². The number of carboxylic acids is 3. The quantitative estimate of drug-likeness (QED) is 0.0427. The van der Waals surface area contributed by atoms with Crippen molar-refractivity contribution in [2.45, 2.75) is 82.8 Å². The van der Waals surface area contributed by atoms with Gasteiger partial charge in [0.25, 0.3) is 11.8 Å². The zero-order valence-electron chi connectivity index (χ0n) is 51.3. The van der Waals surface area contributed by atoms with E-state index in [1.165, 1.54) is 12.3 Å². The van der Waals surface area contributed by atoms with Gasteiger partial charge in [0.15, 0.2) is 0 Å². The summed E-state index contributed by atoms with van der Waals surface area (Å²) in [6, 6.07) is 12.9. The number of carbonyl (C=O) groups is 9. The fourth-order valence-corrected chi connectivity index (χ4v) is 10.8. The molecule has 492 valence electrons. The number of rotatable bonds is 31. The highest BCUT2D eigenvalue weighted by molar-refractivity contribution is 6.07. The monoisotopic (exact) mass is 1260 g/mol. The van der Waals surface area contributed by atoms with Crippen LogP contribution in [0.4, 0.5) is 8.78 Å². The third kappa shape index (κ3) is 24.4. The van der Waals surface area contributed by atoms with Crippen LogP contribution in [0.5, 0.6) is 5.75 Å². The van der Waals surface area contributed by atoms with E-state index in [9.17, 15) is 72.5 Å². The van der Waals surface area contributed by atoms with E-state index in [2.05, 4.69) is 31.2 Å². The van der Waals surface area contributed by atoms with Crippen molar-refractivity contribution in [3.63, 3.8) is 0 Å². The highest BCUT2D eigenvalue weighted by Crippen LogP contribution is 2.32. The second-order valence-corrected chi connectivity index (χ2v) is 22.9. The molecule has 27 nitrogen and oxygen atoms in total. The Morgan fingerprint density at radius 1 is 0.711 bits per heavy atom. The van der Waals surface area contributed by atoms with Crippen LogP contribution in [0.1, 0.15) is 66.9 Å². The number of benzene rings is 2. The van der Waals surface area contributed by atoms with Gasteiger partial charge in [0.2, 0.25) is 29.5 Å². The van der Waals surface area contributed by atoms with Gasteiger partial charge in [-0.05, 0) is 82.3 Å². The maximum Gasteiger partial charge on any atom is 0.317 e. The van der Waals surface area contributed by atoms with E-state index in [0.29, 0.717) is 75.2 Å². The van der Waals surface area contributed by atoms with Gasteiger partial charge in [-0.1, -0.05) is 29.8 Å². The minimum absolute atomic E-state index is 0.00814. The predicted molar refractivity (Wildman–Crippen MR) is 323 cm³/mol. The van der Waals surface area contributed by atoms with Crippen LogP contribution in [0.15, 0.2) is 54.7 Å². The summed E-state index contributed by atoms with van der Waals surface area (Å²) in [5.74, 6) is -9.10. The number of amides is 6. The molecule has 3 atom stereocenters. The molecule has 0 saturated carbocycles. The molecule has 0 bridgehead atoms. The van der Waals surface area contributed by atoms with E-state index >= 15 is 0 Å². The van der Waals surface area contributed by atoms with Gasteiger partial charge in [0.05, 0.1) is 69.6 Å². The number of fused-ring (bicyclic) bond motifs is 1. The van der Waals surface area contributed by atoms with Crippen LogP contribution in [0.3, 0.4) is 0 Å². The minimum Gasteiger partial charge on any atom is -0.494 e. The van der Waals surface area contributed by atoms with Gasteiger partial charge in [-0.15, -0.1) is 0 Å². The average Bonchev–Trinajstić information content (AvgIpc) is 1.94. The highest BCUT2D eigenvalue weighted by atomic mass is 19.3. The molecule has 90 heavy (non-hydrogen) atoms. The van der Waals surface area contributed by atoms with E-state index in [0.717, 1.165) is 28.9 Å². The normalized spacial score (nSPS) is 18.1. The molecule has 3 fully saturated rings. The first kappa shape index (κ1) is 71.1. The summed E-state index contributed by atoms with van der Waals surface area (Å²) in [7, 11) is 0. The first-order valence-electron chi connectivity index (χ1n) is 30.5. The number of nitriles is 1. The Labute approximate surface area is 521 Å². The molecule has 29 heteroatoms. The van der Waals surface area contributed by atoms with Gasteiger partial charge in [0.1, 0.15) is 23.9 Å². The lowest BCUT2D eigenvalue weighted by Gasteiger charge is -2.36. The Hall–Kier alpha value is -8.01. The van der Waals surface area contributed by atoms with Crippen molar-refractivity contribution in [1.82, 2.24) is 60.6 Å². The number of nitrogens with zero attached hydrogens (tertiary/aromatic N) is 9. The van der Waals surface area contributed by atoms with Crippen molar-refractivity contribution >= 4 is 64.3 Å². The van der Waals surface area contributed by atoms with Crippen molar-refractivity contribution in [3.05, 3.63) is 71.4 Å². The molecule has 3 aromatic rings. The number of alkyl halides is 2. The molecular formula is C61H85F2N13O14. The lowest BCUT2D eigenvalue weighted by atomic mass is 10.1. The molecule has 3 aliphatic heterocycles. The summed E-state index contributed by atoms with van der Waals surface area (Å²) in [6.07, 6.45) is 3.83. The van der Waals surface area contributed by atoms with Crippen LogP contribution in [0.2, 0.25) is 0 Å². The zero-order valence-corrected chi connectivity index (χ0v) is 51.3. The Bertz CT molecular complexity index is 2940. The molecule has 0 radical (unpaired) electrons. The largest absolute Gasteiger partial charge is 0.494 e. The van der Waals surface area contributed by atoms with Crippen LogP contribution in [0, 0.1) is 18.3 Å².